The van der Waals surface area contributed by atoms with Crippen LogP contribution in [0.2, 0.25) is 0 Å². The van der Waals surface area contributed by atoms with Crippen LogP contribution in [0.4, 0.5) is 0 Å². The molecule has 106 valence electrons. The van der Waals surface area contributed by atoms with Crippen molar-refractivity contribution < 1.29 is 5.11 Å². The van der Waals surface area contributed by atoms with Crippen LogP contribution >= 0.6 is 0 Å². The summed E-state index contributed by atoms with van der Waals surface area (Å²) in [4.78, 5) is 0. The zero-order valence-electron chi connectivity index (χ0n) is 12.3. The summed E-state index contributed by atoms with van der Waals surface area (Å²) in [7, 11) is 0. The largest absolute Gasteiger partial charge is 0.388 e. The summed E-state index contributed by atoms with van der Waals surface area (Å²) >= 11 is 0. The fourth-order valence-electron chi connectivity index (χ4n) is 3.41. The Bertz CT molecular complexity index is 419. The van der Waals surface area contributed by atoms with Crippen molar-refractivity contribution in [3.63, 3.8) is 0 Å². The fourth-order valence-corrected chi connectivity index (χ4v) is 3.41. The number of aryl methyl sites for hydroxylation is 2. The van der Waals surface area contributed by atoms with Crippen molar-refractivity contribution in [2.75, 3.05) is 6.54 Å². The number of rotatable bonds is 3. The van der Waals surface area contributed by atoms with Crippen LogP contribution < -0.4 is 5.73 Å². The van der Waals surface area contributed by atoms with Gasteiger partial charge in [0.05, 0.1) is 6.10 Å². The van der Waals surface area contributed by atoms with E-state index in [1.54, 1.807) is 0 Å². The molecule has 1 aliphatic rings. The van der Waals surface area contributed by atoms with Crippen LogP contribution in [0.5, 0.6) is 0 Å². The topological polar surface area (TPSA) is 46.2 Å². The van der Waals surface area contributed by atoms with Crippen LogP contribution in [0.1, 0.15) is 61.3 Å². The third kappa shape index (κ3) is 3.01. The summed E-state index contributed by atoms with van der Waals surface area (Å²) in [5.74, 6) is 0. The SMILES string of the molecule is Cc1ccc(C)c(C(O)C2(CN)CCCCCC2)c1. The first-order valence-corrected chi connectivity index (χ1v) is 7.54. The van der Waals surface area contributed by atoms with Gasteiger partial charge in [-0.3, -0.25) is 0 Å². The van der Waals surface area contributed by atoms with Crippen LogP contribution in [-0.4, -0.2) is 11.7 Å². The quantitative estimate of drug-likeness (QED) is 0.816. The van der Waals surface area contributed by atoms with E-state index < -0.39 is 6.10 Å². The molecule has 1 fully saturated rings. The van der Waals surface area contributed by atoms with Gasteiger partial charge in [0.2, 0.25) is 0 Å². The predicted molar refractivity (Wildman–Crippen MR) is 80.1 cm³/mol. The van der Waals surface area contributed by atoms with Crippen molar-refractivity contribution in [1.82, 2.24) is 0 Å². The molecule has 0 spiro atoms. The van der Waals surface area contributed by atoms with E-state index in [9.17, 15) is 5.11 Å². The van der Waals surface area contributed by atoms with Crippen molar-refractivity contribution in [3.05, 3.63) is 34.9 Å². The Balaban J connectivity index is 2.33. The van der Waals surface area contributed by atoms with Gasteiger partial charge in [0.15, 0.2) is 0 Å². The third-order valence-corrected chi connectivity index (χ3v) is 4.82. The van der Waals surface area contributed by atoms with Gasteiger partial charge in [-0.2, -0.15) is 0 Å². The Kier molecular flexibility index (Phi) is 4.64. The van der Waals surface area contributed by atoms with Gasteiger partial charge in [0, 0.05) is 12.0 Å². The second-order valence-corrected chi connectivity index (χ2v) is 6.24. The number of nitrogens with two attached hydrogens (primary N) is 1. The van der Waals surface area contributed by atoms with Crippen molar-refractivity contribution in [2.45, 2.75) is 58.5 Å². The summed E-state index contributed by atoms with van der Waals surface area (Å²) < 4.78 is 0. The van der Waals surface area contributed by atoms with Crippen molar-refractivity contribution in [1.29, 1.82) is 0 Å². The van der Waals surface area contributed by atoms with E-state index in [0.29, 0.717) is 6.54 Å². The van der Waals surface area contributed by atoms with E-state index in [1.807, 2.05) is 0 Å². The van der Waals surface area contributed by atoms with Gasteiger partial charge >= 0.3 is 0 Å². The van der Waals surface area contributed by atoms with Gasteiger partial charge in [0.25, 0.3) is 0 Å². The molecule has 1 saturated carbocycles. The highest BCUT2D eigenvalue weighted by molar-refractivity contribution is 5.33. The fraction of sp³-hybridized carbons (Fsp3) is 0.647. The monoisotopic (exact) mass is 261 g/mol. The third-order valence-electron chi connectivity index (χ3n) is 4.82. The van der Waals surface area contributed by atoms with Gasteiger partial charge < -0.3 is 10.8 Å². The molecule has 0 radical (unpaired) electrons. The molecule has 0 bridgehead atoms. The van der Waals surface area contributed by atoms with Gasteiger partial charge in [0.1, 0.15) is 0 Å². The summed E-state index contributed by atoms with van der Waals surface area (Å²) in [5.41, 5.74) is 9.42. The van der Waals surface area contributed by atoms with Crippen LogP contribution in [0.15, 0.2) is 18.2 Å². The molecule has 1 unspecified atom stereocenters. The molecule has 0 aromatic heterocycles. The number of hydrogen-bond donors (Lipinski definition) is 2. The summed E-state index contributed by atoms with van der Waals surface area (Å²) in [6.45, 7) is 4.75. The minimum atomic E-state index is -0.421. The molecule has 0 heterocycles. The van der Waals surface area contributed by atoms with E-state index >= 15 is 0 Å². The van der Waals surface area contributed by atoms with Crippen LogP contribution in [0, 0.1) is 19.3 Å². The lowest BCUT2D eigenvalue weighted by Gasteiger charge is -2.37. The molecular weight excluding hydrogens is 234 g/mol. The maximum Gasteiger partial charge on any atom is 0.0860 e. The average molecular weight is 261 g/mol. The van der Waals surface area contributed by atoms with Gasteiger partial charge in [-0.25, -0.2) is 0 Å². The lowest BCUT2D eigenvalue weighted by atomic mass is 9.72. The van der Waals surface area contributed by atoms with Crippen LogP contribution in [0.3, 0.4) is 0 Å². The van der Waals surface area contributed by atoms with E-state index in [1.165, 1.54) is 36.8 Å². The molecule has 0 amide bonds. The van der Waals surface area contributed by atoms with E-state index in [0.717, 1.165) is 18.4 Å². The summed E-state index contributed by atoms with van der Waals surface area (Å²) in [6.07, 6.45) is 6.63. The standard InChI is InChI=1S/C17H27NO/c1-13-7-8-14(2)15(11-13)16(19)17(12-18)9-5-3-4-6-10-17/h7-8,11,16,19H,3-6,9-10,12,18H2,1-2H3. The molecule has 1 aliphatic carbocycles. The van der Waals surface area contributed by atoms with Crippen molar-refractivity contribution in [2.24, 2.45) is 11.1 Å². The van der Waals surface area contributed by atoms with Gasteiger partial charge in [-0.15, -0.1) is 0 Å². The zero-order chi connectivity index (χ0) is 13.9. The van der Waals surface area contributed by atoms with Gasteiger partial charge in [-0.05, 0) is 37.8 Å². The number of hydrogen-bond acceptors (Lipinski definition) is 2. The molecule has 1 atom stereocenters. The molecule has 2 rings (SSSR count). The minimum absolute atomic E-state index is 0.116. The number of aliphatic hydroxyl groups is 1. The van der Waals surface area contributed by atoms with E-state index in [4.69, 9.17) is 5.73 Å². The highest BCUT2D eigenvalue weighted by Crippen LogP contribution is 2.45. The van der Waals surface area contributed by atoms with Crippen LogP contribution in [-0.2, 0) is 0 Å². The maximum absolute atomic E-state index is 10.9. The molecule has 19 heavy (non-hydrogen) atoms. The zero-order valence-corrected chi connectivity index (χ0v) is 12.3. The van der Waals surface area contributed by atoms with Crippen molar-refractivity contribution in [3.8, 4) is 0 Å². The Hall–Kier alpha value is -0.860. The Morgan fingerprint density at radius 1 is 1.16 bits per heavy atom. The smallest absolute Gasteiger partial charge is 0.0860 e. The van der Waals surface area contributed by atoms with Crippen molar-refractivity contribution >= 4 is 0 Å². The highest BCUT2D eigenvalue weighted by Gasteiger charge is 2.38. The average Bonchev–Trinajstić information content (AvgIpc) is 2.67. The number of benzene rings is 1. The minimum Gasteiger partial charge on any atom is -0.388 e. The summed E-state index contributed by atoms with van der Waals surface area (Å²) in [5, 5.41) is 10.9. The number of aliphatic hydroxyl groups excluding tert-OH is 1. The molecule has 1 aromatic rings. The Morgan fingerprint density at radius 3 is 2.37 bits per heavy atom. The Morgan fingerprint density at radius 2 is 1.79 bits per heavy atom. The van der Waals surface area contributed by atoms with E-state index in [2.05, 4.69) is 32.0 Å². The molecular formula is C17H27NO. The molecule has 2 heteroatoms. The molecule has 2 nitrogen and oxygen atoms in total. The molecule has 3 N–H and O–H groups in total. The lowest BCUT2D eigenvalue weighted by Crippen LogP contribution is -2.36. The van der Waals surface area contributed by atoms with E-state index in [-0.39, 0.29) is 5.41 Å². The first-order valence-electron chi connectivity index (χ1n) is 7.54. The molecule has 0 aliphatic heterocycles. The van der Waals surface area contributed by atoms with Crippen LogP contribution in [0.25, 0.3) is 0 Å². The Labute approximate surface area is 117 Å². The second-order valence-electron chi connectivity index (χ2n) is 6.24. The first kappa shape index (κ1) is 14.5. The molecule has 0 saturated heterocycles. The summed E-state index contributed by atoms with van der Waals surface area (Å²) in [6, 6.07) is 6.34. The van der Waals surface area contributed by atoms with Gasteiger partial charge in [-0.1, -0.05) is 49.4 Å². The highest BCUT2D eigenvalue weighted by atomic mass is 16.3. The molecule has 1 aromatic carbocycles. The first-order chi connectivity index (χ1) is 9.09. The predicted octanol–water partition coefficient (Wildman–Crippen LogP) is 3.64. The normalized spacial score (nSPS) is 20.8. The lowest BCUT2D eigenvalue weighted by molar-refractivity contribution is 0.0162. The second kappa shape index (κ2) is 6.06. The maximum atomic E-state index is 10.9.